The molecule has 14 heavy (non-hydrogen) atoms. The number of hydrogen-bond acceptors (Lipinski definition) is 3. The zero-order valence-electron chi connectivity index (χ0n) is 11.1. The van der Waals surface area contributed by atoms with Crippen molar-refractivity contribution < 1.29 is 17.3 Å². The van der Waals surface area contributed by atoms with E-state index in [2.05, 4.69) is 20.8 Å². The molecular formula is C11H22O3. The fraction of sp³-hybridized carbons (Fsp3) is 1.00. The Balaban J connectivity index is 2.56. The summed E-state index contributed by atoms with van der Waals surface area (Å²) in [7, 11) is -1.27. The lowest BCUT2D eigenvalue weighted by molar-refractivity contribution is -0.163. The quantitative estimate of drug-likeness (QED) is 0.755. The smallest absolute Gasteiger partial charge is 0.0841 e. The predicted molar refractivity (Wildman–Crippen MR) is 55.1 cm³/mol. The van der Waals surface area contributed by atoms with Crippen LogP contribution in [-0.4, -0.2) is 37.6 Å². The van der Waals surface area contributed by atoms with Gasteiger partial charge in [0.1, 0.15) is 0 Å². The molecular weight excluding hydrogens is 180 g/mol. The van der Waals surface area contributed by atoms with Gasteiger partial charge in [-0.2, -0.15) is 0 Å². The molecule has 1 aliphatic heterocycles. The highest BCUT2D eigenvalue weighted by atomic mass is 16.5. The third kappa shape index (κ3) is 2.27. The van der Waals surface area contributed by atoms with Crippen LogP contribution in [0.15, 0.2) is 0 Å². The van der Waals surface area contributed by atoms with Crippen LogP contribution in [-0.2, 0) is 9.47 Å². The minimum Gasteiger partial charge on any atom is -0.394 e. The van der Waals surface area contributed by atoms with E-state index in [4.69, 9.17) is 12.2 Å². The van der Waals surface area contributed by atoms with Crippen molar-refractivity contribution in [3.05, 3.63) is 0 Å². The minimum atomic E-state index is -1.27. The number of aliphatic hydroxyl groups is 1. The van der Waals surface area contributed by atoms with Crippen molar-refractivity contribution in [2.75, 3.05) is 20.3 Å². The fourth-order valence-corrected chi connectivity index (χ4v) is 2.12. The molecule has 0 bridgehead atoms. The average molecular weight is 205 g/mol. The van der Waals surface area contributed by atoms with Gasteiger partial charge < -0.3 is 14.6 Å². The van der Waals surface area contributed by atoms with Crippen LogP contribution in [0, 0.1) is 17.8 Å². The van der Waals surface area contributed by atoms with Crippen LogP contribution in [0.2, 0.25) is 0 Å². The molecule has 0 spiro atoms. The molecule has 3 heteroatoms. The summed E-state index contributed by atoms with van der Waals surface area (Å²) in [5.41, 5.74) is 0. The van der Waals surface area contributed by atoms with E-state index >= 15 is 0 Å². The Morgan fingerprint density at radius 3 is 2.57 bits per heavy atom. The lowest BCUT2D eigenvalue weighted by atomic mass is 9.77. The Bertz CT molecular complexity index is 211. The molecule has 1 heterocycles. The predicted octanol–water partition coefficient (Wildman–Crippen LogP) is 1.30. The van der Waals surface area contributed by atoms with E-state index in [1.807, 2.05) is 0 Å². The maximum atomic E-state index is 9.22. The second-order valence-electron chi connectivity index (χ2n) is 4.31. The van der Waals surface area contributed by atoms with E-state index in [9.17, 15) is 5.11 Å². The summed E-state index contributed by atoms with van der Waals surface area (Å²) >= 11 is 0. The normalized spacial score (nSPS) is 48.1. The van der Waals surface area contributed by atoms with E-state index in [0.717, 1.165) is 0 Å². The Morgan fingerprint density at radius 2 is 2.00 bits per heavy atom. The van der Waals surface area contributed by atoms with Gasteiger partial charge >= 0.3 is 0 Å². The molecule has 0 radical (unpaired) electrons. The van der Waals surface area contributed by atoms with Crippen LogP contribution in [0.4, 0.5) is 0 Å². The summed E-state index contributed by atoms with van der Waals surface area (Å²) < 4.78 is 24.7. The van der Waals surface area contributed by atoms with Crippen molar-refractivity contribution in [2.45, 2.75) is 33.0 Å². The first kappa shape index (κ1) is 9.13. The summed E-state index contributed by atoms with van der Waals surface area (Å²) in [6.07, 6.45) is -0.281. The molecule has 1 aliphatic rings. The van der Waals surface area contributed by atoms with Crippen molar-refractivity contribution >= 4 is 0 Å². The largest absolute Gasteiger partial charge is 0.394 e. The Kier molecular flexibility index (Phi) is 3.33. The fourth-order valence-electron chi connectivity index (χ4n) is 2.12. The first-order valence-corrected chi connectivity index (χ1v) is 5.19. The van der Waals surface area contributed by atoms with E-state index in [1.165, 1.54) is 0 Å². The lowest BCUT2D eigenvalue weighted by Gasteiger charge is -2.43. The summed E-state index contributed by atoms with van der Waals surface area (Å²) in [5, 5.41) is 9.22. The zero-order chi connectivity index (χ0) is 12.3. The van der Waals surface area contributed by atoms with Crippen LogP contribution >= 0.6 is 0 Å². The molecule has 84 valence electrons. The first-order valence-electron chi connectivity index (χ1n) is 6.35. The zero-order valence-corrected chi connectivity index (χ0v) is 9.14. The summed E-state index contributed by atoms with van der Waals surface area (Å²) in [6.45, 7) is 6.58. The van der Waals surface area contributed by atoms with E-state index in [1.54, 1.807) is 0 Å². The molecule has 0 aromatic heterocycles. The van der Waals surface area contributed by atoms with Crippen molar-refractivity contribution in [1.82, 2.24) is 0 Å². The van der Waals surface area contributed by atoms with Gasteiger partial charge in [0, 0.05) is 7.06 Å². The first-order chi connectivity index (χ1) is 7.47. The van der Waals surface area contributed by atoms with Gasteiger partial charge in [0.15, 0.2) is 0 Å². The second-order valence-corrected chi connectivity index (χ2v) is 4.31. The Morgan fingerprint density at radius 1 is 1.36 bits per heavy atom. The van der Waals surface area contributed by atoms with Gasteiger partial charge in [-0.05, 0) is 17.8 Å². The molecule has 1 rings (SSSR count). The van der Waals surface area contributed by atoms with Crippen molar-refractivity contribution in [2.24, 2.45) is 17.8 Å². The van der Waals surface area contributed by atoms with Gasteiger partial charge in [-0.1, -0.05) is 20.8 Å². The average Bonchev–Trinajstić information content (AvgIpc) is 2.25. The van der Waals surface area contributed by atoms with E-state index < -0.39 is 7.06 Å². The third-order valence-corrected chi connectivity index (χ3v) is 3.62. The van der Waals surface area contributed by atoms with Gasteiger partial charge in [0.2, 0.25) is 0 Å². The SMILES string of the molecule is [2H]C([3H])OCC1O[C@@H](CO)[C@H](C)[C@@H](C)[C@@H]1C. The topological polar surface area (TPSA) is 38.7 Å². The van der Waals surface area contributed by atoms with Gasteiger partial charge in [-0.15, -0.1) is 0 Å². The monoisotopic (exact) mass is 205 g/mol. The van der Waals surface area contributed by atoms with Crippen molar-refractivity contribution in [3.8, 4) is 0 Å². The van der Waals surface area contributed by atoms with Gasteiger partial charge in [0.25, 0.3) is 0 Å². The standard InChI is InChI=1S/C11H22O3/c1-7-8(2)10(5-12)14-11(6-13-4)9(7)3/h7-12H,5-6H2,1-4H3/t7-,8-,9+,10+,11?/m1/s1/i4TD/t4?,7-,8-,9+,10+,11?. The molecule has 0 aromatic carbocycles. The van der Waals surface area contributed by atoms with Gasteiger partial charge in [-0.25, -0.2) is 0 Å². The Labute approximate surface area is 89.2 Å². The van der Waals surface area contributed by atoms with Crippen LogP contribution < -0.4 is 0 Å². The van der Waals surface area contributed by atoms with Crippen molar-refractivity contribution in [3.63, 3.8) is 0 Å². The minimum absolute atomic E-state index is 0.0138. The maximum Gasteiger partial charge on any atom is 0.0841 e. The van der Waals surface area contributed by atoms with E-state index in [0.29, 0.717) is 17.8 Å². The molecule has 0 saturated carbocycles. The Hall–Kier alpha value is -0.120. The summed E-state index contributed by atoms with van der Waals surface area (Å²) in [5.74, 6) is 1.07. The molecule has 2 unspecified atom stereocenters. The van der Waals surface area contributed by atoms with E-state index in [-0.39, 0.29) is 25.4 Å². The molecule has 0 aromatic rings. The van der Waals surface area contributed by atoms with Gasteiger partial charge in [0.05, 0.1) is 28.2 Å². The summed E-state index contributed by atoms with van der Waals surface area (Å²) in [6, 6.07) is 0. The molecule has 1 N–H and O–H groups in total. The molecule has 1 fully saturated rings. The third-order valence-electron chi connectivity index (χ3n) is 3.62. The van der Waals surface area contributed by atoms with Crippen molar-refractivity contribution in [1.29, 1.82) is 0 Å². The number of aliphatic hydroxyl groups excluding tert-OH is 1. The van der Waals surface area contributed by atoms with Crippen LogP contribution in [0.5, 0.6) is 0 Å². The van der Waals surface area contributed by atoms with Crippen LogP contribution in [0.3, 0.4) is 0 Å². The van der Waals surface area contributed by atoms with Gasteiger partial charge in [-0.3, -0.25) is 0 Å². The molecule has 6 atom stereocenters. The maximum absolute atomic E-state index is 9.22. The summed E-state index contributed by atoms with van der Waals surface area (Å²) in [4.78, 5) is 0. The van der Waals surface area contributed by atoms with Crippen LogP contribution in [0.1, 0.15) is 23.5 Å². The number of hydrogen-bond donors (Lipinski definition) is 1. The molecule has 0 amide bonds. The van der Waals surface area contributed by atoms with Crippen LogP contribution in [0.25, 0.3) is 0 Å². The second kappa shape index (κ2) is 5.10. The number of ether oxygens (including phenoxy) is 2. The molecule has 1 saturated heterocycles. The number of methoxy groups -OCH3 is 1. The molecule has 0 aliphatic carbocycles. The molecule has 3 nitrogen and oxygen atoms in total. The lowest BCUT2D eigenvalue weighted by Crippen LogP contribution is -2.47. The highest BCUT2D eigenvalue weighted by molar-refractivity contribution is 4.85. The highest BCUT2D eigenvalue weighted by Gasteiger charge is 2.38. The highest BCUT2D eigenvalue weighted by Crippen LogP contribution is 2.34. The number of rotatable bonds is 3.